The summed E-state index contributed by atoms with van der Waals surface area (Å²) < 4.78 is 5.13. The predicted molar refractivity (Wildman–Crippen MR) is 85.1 cm³/mol. The number of aliphatic carboxylic acids is 1. The number of likely N-dealkylation sites (tertiary alicyclic amines) is 1. The fraction of sp³-hybridized carbons (Fsp3) is 0.812. The summed E-state index contributed by atoms with van der Waals surface area (Å²) in [5.41, 5.74) is -2.18. The van der Waals surface area contributed by atoms with Crippen molar-refractivity contribution in [3.8, 4) is 0 Å². The quantitative estimate of drug-likeness (QED) is 0.728. The molecule has 0 bridgehead atoms. The lowest BCUT2D eigenvalue weighted by Gasteiger charge is -2.28. The summed E-state index contributed by atoms with van der Waals surface area (Å²) in [4.78, 5) is 37.2. The Labute approximate surface area is 137 Å². The van der Waals surface area contributed by atoms with Crippen LogP contribution in [0.2, 0.25) is 0 Å². The highest BCUT2D eigenvalue weighted by Crippen LogP contribution is 2.24. The molecular formula is C16H28N2O5. The summed E-state index contributed by atoms with van der Waals surface area (Å²) in [5, 5.41) is 12.0. The van der Waals surface area contributed by atoms with Gasteiger partial charge in [-0.15, -0.1) is 0 Å². The van der Waals surface area contributed by atoms with Gasteiger partial charge in [0.2, 0.25) is 5.91 Å². The predicted octanol–water partition coefficient (Wildman–Crippen LogP) is 2.15. The van der Waals surface area contributed by atoms with E-state index in [0.717, 1.165) is 19.3 Å². The molecule has 0 aromatic heterocycles. The Kier molecular flexibility index (Phi) is 6.41. The normalized spacial score (nSPS) is 21.1. The highest BCUT2D eigenvalue weighted by molar-refractivity contribution is 5.87. The molecule has 0 radical (unpaired) electrons. The molecule has 23 heavy (non-hydrogen) atoms. The number of alkyl carbamates (subject to hydrolysis) is 1. The molecule has 1 aliphatic rings. The molecule has 2 N–H and O–H groups in total. The van der Waals surface area contributed by atoms with Crippen LogP contribution in [-0.2, 0) is 14.3 Å². The van der Waals surface area contributed by atoms with Crippen LogP contribution in [-0.4, -0.2) is 52.2 Å². The minimum Gasteiger partial charge on any atom is -0.479 e. The van der Waals surface area contributed by atoms with Crippen LogP contribution in [0.1, 0.15) is 59.8 Å². The van der Waals surface area contributed by atoms with Crippen molar-refractivity contribution in [1.82, 2.24) is 10.2 Å². The van der Waals surface area contributed by atoms with Crippen LogP contribution >= 0.6 is 0 Å². The van der Waals surface area contributed by atoms with Crippen LogP contribution in [0.5, 0.6) is 0 Å². The van der Waals surface area contributed by atoms with Crippen molar-refractivity contribution in [2.75, 3.05) is 13.1 Å². The van der Waals surface area contributed by atoms with Crippen molar-refractivity contribution >= 4 is 18.0 Å². The number of carboxylic acid groups (broad SMARTS) is 1. The Hall–Kier alpha value is -1.79. The van der Waals surface area contributed by atoms with E-state index in [9.17, 15) is 19.5 Å². The monoisotopic (exact) mass is 328 g/mol. The van der Waals surface area contributed by atoms with E-state index >= 15 is 0 Å². The second-order valence-electron chi connectivity index (χ2n) is 7.04. The van der Waals surface area contributed by atoms with Crippen LogP contribution in [0.3, 0.4) is 0 Å². The first-order valence-electron chi connectivity index (χ1n) is 8.12. The largest absolute Gasteiger partial charge is 0.479 e. The standard InChI is InChI=1S/C16H28N2O5/c1-5-6-7-8-12(19)18-10-9-16(11-18,13(20)21)17-14(22)23-15(2,3)4/h5-11H2,1-4H3,(H,17,22)(H,20,21). The number of rotatable bonds is 6. The molecule has 1 unspecified atom stereocenters. The van der Waals surface area contributed by atoms with Crippen LogP contribution < -0.4 is 5.32 Å². The fourth-order valence-corrected chi connectivity index (χ4v) is 2.54. The zero-order valence-corrected chi connectivity index (χ0v) is 14.5. The van der Waals surface area contributed by atoms with Gasteiger partial charge in [0.05, 0.1) is 6.54 Å². The Balaban J connectivity index is 2.68. The molecule has 1 rings (SSSR count). The molecule has 0 saturated carbocycles. The SMILES string of the molecule is CCCCCC(=O)N1CCC(NC(=O)OC(C)(C)C)(C(=O)O)C1. The van der Waals surface area contributed by atoms with Crippen molar-refractivity contribution in [3.05, 3.63) is 0 Å². The smallest absolute Gasteiger partial charge is 0.408 e. The molecule has 1 fully saturated rings. The molecule has 7 heteroatoms. The van der Waals surface area contributed by atoms with Crippen LogP contribution in [0.25, 0.3) is 0 Å². The third-order valence-electron chi connectivity index (χ3n) is 3.77. The molecule has 1 aliphatic heterocycles. The third-order valence-corrected chi connectivity index (χ3v) is 3.77. The topological polar surface area (TPSA) is 95.9 Å². The maximum Gasteiger partial charge on any atom is 0.408 e. The number of hydrogen-bond donors (Lipinski definition) is 2. The molecule has 0 aromatic carbocycles. The first kappa shape index (κ1) is 19.3. The van der Waals surface area contributed by atoms with E-state index < -0.39 is 23.2 Å². The molecular weight excluding hydrogens is 300 g/mol. The maximum absolute atomic E-state index is 12.1. The number of carbonyl (C=O) groups is 3. The van der Waals surface area contributed by atoms with E-state index in [4.69, 9.17) is 4.74 Å². The summed E-state index contributed by atoms with van der Waals surface area (Å²) in [6, 6.07) is 0. The molecule has 0 aromatic rings. The lowest BCUT2D eigenvalue weighted by molar-refractivity contribution is -0.144. The second kappa shape index (κ2) is 7.66. The lowest BCUT2D eigenvalue weighted by atomic mass is 9.99. The van der Waals surface area contributed by atoms with E-state index in [1.54, 1.807) is 20.8 Å². The lowest BCUT2D eigenvalue weighted by Crippen LogP contribution is -2.57. The zero-order chi connectivity index (χ0) is 17.7. The van der Waals surface area contributed by atoms with Crippen LogP contribution in [0, 0.1) is 0 Å². The van der Waals surface area contributed by atoms with Crippen LogP contribution in [0.4, 0.5) is 4.79 Å². The molecule has 7 nitrogen and oxygen atoms in total. The average molecular weight is 328 g/mol. The first-order valence-corrected chi connectivity index (χ1v) is 8.12. The highest BCUT2D eigenvalue weighted by atomic mass is 16.6. The minimum atomic E-state index is -1.47. The Bertz CT molecular complexity index is 458. The van der Waals surface area contributed by atoms with Gasteiger partial charge >= 0.3 is 12.1 Å². The van der Waals surface area contributed by atoms with Crippen molar-refractivity contribution < 1.29 is 24.2 Å². The van der Waals surface area contributed by atoms with E-state index in [1.807, 2.05) is 0 Å². The first-order chi connectivity index (χ1) is 10.6. The Morgan fingerprint density at radius 3 is 2.43 bits per heavy atom. The molecule has 1 saturated heterocycles. The van der Waals surface area contributed by atoms with Crippen LogP contribution in [0.15, 0.2) is 0 Å². The van der Waals surface area contributed by atoms with Gasteiger partial charge in [-0.2, -0.15) is 0 Å². The number of carbonyl (C=O) groups excluding carboxylic acids is 2. The number of unbranched alkanes of at least 4 members (excludes halogenated alkanes) is 2. The molecule has 2 amide bonds. The second-order valence-corrected chi connectivity index (χ2v) is 7.04. The Morgan fingerprint density at radius 2 is 1.91 bits per heavy atom. The summed E-state index contributed by atoms with van der Waals surface area (Å²) in [6.45, 7) is 7.48. The van der Waals surface area contributed by atoms with Crippen molar-refractivity contribution in [1.29, 1.82) is 0 Å². The average Bonchev–Trinajstić information content (AvgIpc) is 2.82. The van der Waals surface area contributed by atoms with Crippen molar-refractivity contribution in [2.24, 2.45) is 0 Å². The highest BCUT2D eigenvalue weighted by Gasteiger charge is 2.48. The van der Waals surface area contributed by atoms with E-state index in [1.165, 1.54) is 4.90 Å². The number of ether oxygens (including phenoxy) is 1. The summed E-state index contributed by atoms with van der Waals surface area (Å²) in [7, 11) is 0. The maximum atomic E-state index is 12.1. The minimum absolute atomic E-state index is 0.0213. The molecule has 1 heterocycles. The van der Waals surface area contributed by atoms with Gasteiger partial charge in [-0.05, 0) is 27.2 Å². The number of nitrogens with zero attached hydrogens (tertiary/aromatic N) is 1. The number of nitrogens with one attached hydrogen (secondary N) is 1. The summed E-state index contributed by atoms with van der Waals surface area (Å²) in [6.07, 6.45) is 2.61. The van der Waals surface area contributed by atoms with Crippen molar-refractivity contribution in [3.63, 3.8) is 0 Å². The van der Waals surface area contributed by atoms with E-state index in [2.05, 4.69) is 12.2 Å². The molecule has 0 aliphatic carbocycles. The molecule has 0 spiro atoms. The zero-order valence-electron chi connectivity index (χ0n) is 14.5. The van der Waals surface area contributed by atoms with E-state index in [-0.39, 0.29) is 18.9 Å². The van der Waals surface area contributed by atoms with Gasteiger partial charge in [0.1, 0.15) is 5.60 Å². The summed E-state index contributed by atoms with van der Waals surface area (Å²) >= 11 is 0. The molecule has 1 atom stereocenters. The van der Waals surface area contributed by atoms with Gasteiger partial charge in [0.15, 0.2) is 5.54 Å². The van der Waals surface area contributed by atoms with Gasteiger partial charge in [0, 0.05) is 19.4 Å². The van der Waals surface area contributed by atoms with E-state index in [0.29, 0.717) is 13.0 Å². The summed E-state index contributed by atoms with van der Waals surface area (Å²) in [5.74, 6) is -1.21. The fourth-order valence-electron chi connectivity index (χ4n) is 2.54. The van der Waals surface area contributed by atoms with Gasteiger partial charge in [-0.25, -0.2) is 9.59 Å². The Morgan fingerprint density at radius 1 is 1.26 bits per heavy atom. The molecule has 132 valence electrons. The van der Waals surface area contributed by atoms with Gasteiger partial charge < -0.3 is 20.1 Å². The number of carboxylic acids is 1. The van der Waals surface area contributed by atoms with Gasteiger partial charge in [-0.3, -0.25) is 4.79 Å². The van der Waals surface area contributed by atoms with Crippen molar-refractivity contribution in [2.45, 2.75) is 70.9 Å². The van der Waals surface area contributed by atoms with Gasteiger partial charge in [-0.1, -0.05) is 19.8 Å². The number of hydrogen-bond acceptors (Lipinski definition) is 4. The third kappa shape index (κ3) is 5.73. The number of amides is 2. The van der Waals surface area contributed by atoms with Gasteiger partial charge in [0.25, 0.3) is 0 Å².